The Morgan fingerprint density at radius 3 is 2.46 bits per heavy atom. The number of carbonyl (C=O) groups excluding carboxylic acids is 2. The molecule has 6 nitrogen and oxygen atoms in total. The first-order valence-corrected chi connectivity index (χ1v) is 13.7. The van der Waals surface area contributed by atoms with Crippen LogP contribution in [-0.2, 0) is 20.9 Å². The van der Waals surface area contributed by atoms with Gasteiger partial charge < -0.3 is 15.0 Å². The van der Waals surface area contributed by atoms with E-state index in [1.807, 2.05) is 52.8 Å². The number of rotatable bonds is 8. The van der Waals surface area contributed by atoms with Crippen LogP contribution < -0.4 is 5.32 Å². The molecule has 1 N–H and O–H groups in total. The minimum absolute atomic E-state index is 0.0636. The monoisotopic (exact) mass is 561 g/mol. The highest BCUT2D eigenvalue weighted by atomic mass is 35.5. The number of nitrogens with one attached hydrogen (secondary N) is 1. The molecule has 1 amide bonds. The molecule has 0 aromatic heterocycles. The Hall–Kier alpha value is -3.88. The summed E-state index contributed by atoms with van der Waals surface area (Å²) in [6, 6.07) is 22.2. The topological polar surface area (TPSA) is 71.0 Å². The molecule has 198 valence electrons. The molecule has 0 spiro atoms. The number of aliphatic imine (C=N–C) groups is 1. The van der Waals surface area contributed by atoms with E-state index in [1.165, 1.54) is 23.9 Å². The summed E-state index contributed by atoms with van der Waals surface area (Å²) in [4.78, 5) is 33.3. The lowest BCUT2D eigenvalue weighted by Gasteiger charge is -2.36. The molecule has 9 heteroatoms. The summed E-state index contributed by atoms with van der Waals surface area (Å²) in [6.45, 7) is 2.24. The number of nitrogens with zero attached hydrogens (tertiary/aromatic N) is 2. The van der Waals surface area contributed by atoms with Crippen LogP contribution in [0.4, 0.5) is 4.39 Å². The first-order valence-electron chi connectivity index (χ1n) is 12.4. The lowest BCUT2D eigenvalue weighted by molar-refractivity contribution is -0.139. The Balaban J connectivity index is 1.50. The van der Waals surface area contributed by atoms with Crippen molar-refractivity contribution in [2.45, 2.75) is 25.9 Å². The predicted octanol–water partition coefficient (Wildman–Crippen LogP) is 6.46. The lowest BCUT2D eigenvalue weighted by Crippen LogP contribution is -2.38. The Kier molecular flexibility index (Phi) is 8.14. The zero-order valence-electron chi connectivity index (χ0n) is 21.1. The Bertz CT molecular complexity index is 1470. The van der Waals surface area contributed by atoms with Gasteiger partial charge in [0.05, 0.1) is 30.3 Å². The molecule has 3 aromatic rings. The molecule has 1 atom stereocenters. The molecule has 0 saturated carbocycles. The second-order valence-electron chi connectivity index (χ2n) is 8.87. The minimum atomic E-state index is -0.588. The third-order valence-electron chi connectivity index (χ3n) is 6.28. The summed E-state index contributed by atoms with van der Waals surface area (Å²) in [5.74, 6) is -1.02. The van der Waals surface area contributed by atoms with E-state index in [2.05, 4.69) is 5.32 Å². The van der Waals surface area contributed by atoms with Gasteiger partial charge in [-0.15, -0.1) is 0 Å². The maximum atomic E-state index is 13.5. The smallest absolute Gasteiger partial charge is 0.338 e. The van der Waals surface area contributed by atoms with Crippen molar-refractivity contribution in [1.82, 2.24) is 10.2 Å². The van der Waals surface area contributed by atoms with E-state index in [-0.39, 0.29) is 31.3 Å². The highest BCUT2D eigenvalue weighted by Crippen LogP contribution is 2.47. The van der Waals surface area contributed by atoms with Crippen molar-refractivity contribution in [2.75, 3.05) is 6.61 Å². The maximum absolute atomic E-state index is 13.5. The van der Waals surface area contributed by atoms with Gasteiger partial charge in [0.1, 0.15) is 5.82 Å². The average Bonchev–Trinajstić information content (AvgIpc) is 3.35. The van der Waals surface area contributed by atoms with Gasteiger partial charge in [0.15, 0.2) is 5.17 Å². The van der Waals surface area contributed by atoms with Gasteiger partial charge in [-0.1, -0.05) is 78.0 Å². The highest BCUT2D eigenvalue weighted by Gasteiger charge is 2.42. The first-order chi connectivity index (χ1) is 18.9. The number of esters is 1. The van der Waals surface area contributed by atoms with Gasteiger partial charge >= 0.3 is 5.97 Å². The standard InChI is InChI=1S/C30H25ClFN3O3S/c1-2-38-29(37)26-27(20-6-4-3-5-7-20)34-30-35(28(26)21-10-12-22(31)13-11-21)24(18-39-30)16-25(36)33-17-19-8-14-23(32)15-9-19/h3-15,18,28H,2,16-17H2,1H3,(H,33,36). The minimum Gasteiger partial charge on any atom is -0.463 e. The molecule has 5 rings (SSSR count). The second-order valence-corrected chi connectivity index (χ2v) is 10.1. The quantitative estimate of drug-likeness (QED) is 0.320. The van der Waals surface area contributed by atoms with Crippen molar-refractivity contribution in [3.8, 4) is 0 Å². The van der Waals surface area contributed by atoms with E-state index in [4.69, 9.17) is 21.3 Å². The van der Waals surface area contributed by atoms with Gasteiger partial charge in [-0.05, 0) is 47.7 Å². The van der Waals surface area contributed by atoms with E-state index >= 15 is 0 Å². The van der Waals surface area contributed by atoms with Crippen LogP contribution in [0.1, 0.15) is 36.1 Å². The molecule has 0 bridgehead atoms. The fraction of sp³-hybridized carbons (Fsp3) is 0.167. The van der Waals surface area contributed by atoms with E-state index in [1.54, 1.807) is 31.2 Å². The van der Waals surface area contributed by atoms with E-state index in [0.717, 1.165) is 16.7 Å². The molecule has 1 unspecified atom stereocenters. The molecular formula is C30H25ClFN3O3S. The Labute approximate surface area is 235 Å². The van der Waals surface area contributed by atoms with Crippen molar-refractivity contribution in [2.24, 2.45) is 4.99 Å². The first kappa shape index (κ1) is 26.7. The van der Waals surface area contributed by atoms with Crippen LogP contribution in [0.25, 0.3) is 5.70 Å². The van der Waals surface area contributed by atoms with E-state index < -0.39 is 12.0 Å². The SMILES string of the molecule is CCOC(=O)C1=C(c2ccccc2)N=C2SC=C(CC(=O)NCc3ccc(F)cc3)N2C1c1ccc(Cl)cc1. The molecular weight excluding hydrogens is 537 g/mol. The average molecular weight is 562 g/mol. The summed E-state index contributed by atoms with van der Waals surface area (Å²) in [5, 5.41) is 6.00. The zero-order valence-corrected chi connectivity index (χ0v) is 22.6. The third-order valence-corrected chi connectivity index (χ3v) is 7.42. The number of amidine groups is 1. The van der Waals surface area contributed by atoms with Gasteiger partial charge in [0.25, 0.3) is 0 Å². The molecule has 0 fully saturated rings. The molecule has 39 heavy (non-hydrogen) atoms. The third kappa shape index (κ3) is 5.92. The number of amides is 1. The van der Waals surface area contributed by atoms with Crippen molar-refractivity contribution in [3.63, 3.8) is 0 Å². The van der Waals surface area contributed by atoms with E-state index in [0.29, 0.717) is 27.2 Å². The second kappa shape index (κ2) is 11.9. The molecule has 3 aromatic carbocycles. The Morgan fingerprint density at radius 1 is 1.05 bits per heavy atom. The summed E-state index contributed by atoms with van der Waals surface area (Å²) < 4.78 is 18.7. The normalized spacial score (nSPS) is 16.4. The molecule has 0 saturated heterocycles. The van der Waals surface area contributed by atoms with Crippen LogP contribution in [0.2, 0.25) is 5.02 Å². The van der Waals surface area contributed by atoms with Gasteiger partial charge in [0.2, 0.25) is 5.91 Å². The fourth-order valence-electron chi connectivity index (χ4n) is 4.48. The molecule has 2 aliphatic heterocycles. The van der Waals surface area contributed by atoms with Crippen LogP contribution in [0.15, 0.2) is 101 Å². The van der Waals surface area contributed by atoms with Crippen molar-refractivity contribution in [3.05, 3.63) is 123 Å². The summed E-state index contributed by atoms with van der Waals surface area (Å²) >= 11 is 7.60. The number of halogens is 2. The maximum Gasteiger partial charge on any atom is 0.338 e. The van der Waals surface area contributed by atoms with Crippen LogP contribution in [0.5, 0.6) is 0 Å². The van der Waals surface area contributed by atoms with Gasteiger partial charge in [0, 0.05) is 22.8 Å². The number of hydrogen-bond acceptors (Lipinski definition) is 6. The number of ether oxygens (including phenoxy) is 1. The fourth-order valence-corrected chi connectivity index (χ4v) is 5.52. The van der Waals surface area contributed by atoms with Gasteiger partial charge in [-0.25, -0.2) is 14.2 Å². The molecule has 0 radical (unpaired) electrons. The number of thioether (sulfide) groups is 1. The lowest BCUT2D eigenvalue weighted by atomic mass is 9.91. The highest BCUT2D eigenvalue weighted by molar-refractivity contribution is 8.16. The van der Waals surface area contributed by atoms with Crippen molar-refractivity contribution >= 4 is 46.1 Å². The van der Waals surface area contributed by atoms with Crippen LogP contribution in [0, 0.1) is 5.82 Å². The van der Waals surface area contributed by atoms with Gasteiger partial charge in [-0.3, -0.25) is 4.79 Å². The number of carbonyl (C=O) groups is 2. The van der Waals surface area contributed by atoms with Crippen molar-refractivity contribution in [1.29, 1.82) is 0 Å². The van der Waals surface area contributed by atoms with Crippen LogP contribution >= 0.6 is 23.4 Å². The zero-order chi connectivity index (χ0) is 27.4. The Morgan fingerprint density at radius 2 is 1.77 bits per heavy atom. The predicted molar refractivity (Wildman–Crippen MR) is 152 cm³/mol. The molecule has 2 heterocycles. The van der Waals surface area contributed by atoms with Crippen molar-refractivity contribution < 1.29 is 18.7 Å². The number of hydrogen-bond donors (Lipinski definition) is 1. The largest absolute Gasteiger partial charge is 0.463 e. The van der Waals surface area contributed by atoms with E-state index in [9.17, 15) is 14.0 Å². The molecule has 0 aliphatic carbocycles. The summed E-state index contributed by atoms with van der Waals surface area (Å²) in [7, 11) is 0. The summed E-state index contributed by atoms with van der Waals surface area (Å²) in [5.41, 5.74) is 4.00. The number of benzene rings is 3. The van der Waals surface area contributed by atoms with Crippen LogP contribution in [-0.4, -0.2) is 28.6 Å². The summed E-state index contributed by atoms with van der Waals surface area (Å²) in [6.07, 6.45) is 0.0636. The molecule has 2 aliphatic rings. The van der Waals surface area contributed by atoms with Crippen LogP contribution in [0.3, 0.4) is 0 Å². The number of fused-ring (bicyclic) bond motifs is 1. The van der Waals surface area contributed by atoms with Gasteiger partial charge in [-0.2, -0.15) is 0 Å².